The molecule has 0 aliphatic carbocycles. The first-order chi connectivity index (χ1) is 12.7. The van der Waals surface area contributed by atoms with Gasteiger partial charge in [0.15, 0.2) is 5.82 Å². The number of nitrogens with one attached hydrogen (secondary N) is 2. The van der Waals surface area contributed by atoms with Crippen molar-refractivity contribution in [2.24, 2.45) is 0 Å². The average Bonchev–Trinajstić information content (AvgIpc) is 2.61. The van der Waals surface area contributed by atoms with Gasteiger partial charge in [-0.2, -0.15) is 17.4 Å². The van der Waals surface area contributed by atoms with Crippen LogP contribution < -0.4 is 14.4 Å². The summed E-state index contributed by atoms with van der Waals surface area (Å²) in [5.41, 5.74) is 4.21. The van der Waals surface area contributed by atoms with Crippen molar-refractivity contribution in [1.29, 1.82) is 0 Å². The van der Waals surface area contributed by atoms with Crippen molar-refractivity contribution < 1.29 is 21.6 Å². The van der Waals surface area contributed by atoms with E-state index in [1.807, 2.05) is 19.1 Å². The van der Waals surface area contributed by atoms with E-state index < -0.39 is 23.3 Å². The topological polar surface area (TPSA) is 76.1 Å². The first-order valence-electron chi connectivity index (χ1n) is 7.77. The molecule has 6 nitrogen and oxygen atoms in total. The zero-order chi connectivity index (χ0) is 19.6. The van der Waals surface area contributed by atoms with Crippen LogP contribution in [0.1, 0.15) is 17.0 Å². The van der Waals surface area contributed by atoms with Crippen LogP contribution in [0.3, 0.4) is 0 Å². The fraction of sp³-hybridized carbons (Fsp3) is 0.176. The highest BCUT2D eigenvalue weighted by Gasteiger charge is 2.35. The molecule has 2 aromatic carbocycles. The van der Waals surface area contributed by atoms with Crippen molar-refractivity contribution in [2.45, 2.75) is 20.0 Å². The smallest absolute Gasteiger partial charge is 0.388 e. The molecule has 27 heavy (non-hydrogen) atoms. The lowest BCUT2D eigenvalue weighted by atomic mass is 10.1. The molecule has 0 spiro atoms. The molecule has 0 aliphatic rings. The second-order valence-electron chi connectivity index (χ2n) is 5.72. The molecule has 1 heterocycles. The van der Waals surface area contributed by atoms with Crippen molar-refractivity contribution in [3.05, 3.63) is 59.4 Å². The monoisotopic (exact) mass is 396 g/mol. The number of anilines is 1. The predicted molar refractivity (Wildman–Crippen MR) is 96.0 cm³/mol. The van der Waals surface area contributed by atoms with E-state index in [1.54, 1.807) is 31.2 Å². The standard InChI is InChI=1S/C17H15F3N4O2S/c1-10-7-8-11(2)14(9-10)26-27(25)24-23-15-12-5-3-4-6-13(12)21-16(22-15)17(18,19)20/h3-9,24H,1-2H3,(H,21,22,23). The maximum Gasteiger partial charge on any atom is 0.451 e. The Morgan fingerprint density at radius 2 is 1.81 bits per heavy atom. The Labute approximate surface area is 155 Å². The molecule has 0 amide bonds. The number of hydrogen-bond donors (Lipinski definition) is 2. The average molecular weight is 396 g/mol. The highest BCUT2D eigenvalue weighted by atomic mass is 32.2. The summed E-state index contributed by atoms with van der Waals surface area (Å²) in [5.74, 6) is -1.07. The summed E-state index contributed by atoms with van der Waals surface area (Å²) < 4.78 is 56.4. The molecule has 0 bridgehead atoms. The third kappa shape index (κ3) is 4.52. The Balaban J connectivity index is 1.82. The summed E-state index contributed by atoms with van der Waals surface area (Å²) >= 11 is -2.06. The van der Waals surface area contributed by atoms with Crippen molar-refractivity contribution in [1.82, 2.24) is 14.8 Å². The van der Waals surface area contributed by atoms with Gasteiger partial charge >= 0.3 is 17.4 Å². The number of para-hydroxylation sites is 1. The van der Waals surface area contributed by atoms with Crippen LogP contribution >= 0.6 is 0 Å². The predicted octanol–water partition coefficient (Wildman–Crippen LogP) is 3.84. The number of benzene rings is 2. The Morgan fingerprint density at radius 1 is 1.07 bits per heavy atom. The van der Waals surface area contributed by atoms with Crippen molar-refractivity contribution in [2.75, 3.05) is 5.43 Å². The van der Waals surface area contributed by atoms with Crippen LogP contribution in [0.5, 0.6) is 5.75 Å². The Hall–Kier alpha value is -2.72. The minimum Gasteiger partial charge on any atom is -0.388 e. The normalized spacial score (nSPS) is 12.8. The summed E-state index contributed by atoms with van der Waals surface area (Å²) in [6.45, 7) is 3.64. The number of hydrogen-bond acceptors (Lipinski definition) is 5. The zero-order valence-corrected chi connectivity index (χ0v) is 15.1. The first kappa shape index (κ1) is 19.1. The first-order valence-corrected chi connectivity index (χ1v) is 8.84. The summed E-state index contributed by atoms with van der Waals surface area (Å²) in [5, 5.41) is 0.335. The molecule has 0 radical (unpaired) electrons. The lowest BCUT2D eigenvalue weighted by molar-refractivity contribution is -0.144. The van der Waals surface area contributed by atoms with Crippen LogP contribution in [0.25, 0.3) is 10.9 Å². The minimum atomic E-state index is -4.71. The Morgan fingerprint density at radius 3 is 2.56 bits per heavy atom. The molecule has 0 saturated heterocycles. The van der Waals surface area contributed by atoms with Gasteiger partial charge in [-0.3, -0.25) is 5.43 Å². The van der Waals surface area contributed by atoms with E-state index in [-0.39, 0.29) is 11.3 Å². The van der Waals surface area contributed by atoms with Crippen molar-refractivity contribution in [3.63, 3.8) is 0 Å². The molecule has 1 atom stereocenters. The van der Waals surface area contributed by atoms with E-state index in [2.05, 4.69) is 20.2 Å². The number of aromatic nitrogens is 2. The lowest BCUT2D eigenvalue weighted by Gasteiger charge is -2.13. The number of nitrogens with zero attached hydrogens (tertiary/aromatic N) is 2. The maximum absolute atomic E-state index is 13.0. The molecular weight excluding hydrogens is 381 g/mol. The van der Waals surface area contributed by atoms with Gasteiger partial charge in [-0.25, -0.2) is 9.97 Å². The largest absolute Gasteiger partial charge is 0.451 e. The molecule has 0 aliphatic heterocycles. The van der Waals surface area contributed by atoms with Gasteiger partial charge in [-0.05, 0) is 43.2 Å². The van der Waals surface area contributed by atoms with Gasteiger partial charge in [0.2, 0.25) is 5.82 Å². The Kier molecular flexibility index (Phi) is 5.29. The number of hydrazine groups is 1. The second-order valence-corrected chi connectivity index (χ2v) is 6.56. The van der Waals surface area contributed by atoms with E-state index in [4.69, 9.17) is 4.18 Å². The summed E-state index contributed by atoms with van der Waals surface area (Å²) in [7, 11) is 0. The van der Waals surface area contributed by atoms with Crippen LogP contribution in [-0.4, -0.2) is 14.2 Å². The maximum atomic E-state index is 13.0. The molecule has 1 unspecified atom stereocenters. The minimum absolute atomic E-state index is 0.102. The van der Waals surface area contributed by atoms with Crippen LogP contribution in [0.2, 0.25) is 0 Å². The molecular formula is C17H15F3N4O2S. The number of rotatable bonds is 5. The fourth-order valence-corrected chi connectivity index (χ4v) is 2.85. The lowest BCUT2D eigenvalue weighted by Crippen LogP contribution is -2.29. The molecule has 10 heteroatoms. The van der Waals surface area contributed by atoms with Gasteiger partial charge in [0.25, 0.3) is 0 Å². The molecule has 1 aromatic heterocycles. The van der Waals surface area contributed by atoms with E-state index in [1.165, 1.54) is 6.07 Å². The SMILES string of the molecule is Cc1ccc(C)c(OS(=O)NNc2nc(C(F)(F)F)nc3ccccc23)c1. The molecule has 2 N–H and O–H groups in total. The molecule has 0 fully saturated rings. The zero-order valence-electron chi connectivity index (χ0n) is 14.3. The molecule has 142 valence electrons. The van der Waals surface area contributed by atoms with Gasteiger partial charge in [0.1, 0.15) is 5.75 Å². The molecule has 0 saturated carbocycles. The third-order valence-electron chi connectivity index (χ3n) is 3.62. The van der Waals surface area contributed by atoms with Crippen LogP contribution in [-0.2, 0) is 17.4 Å². The summed E-state index contributed by atoms with van der Waals surface area (Å²) in [6, 6.07) is 11.6. The van der Waals surface area contributed by atoms with Gasteiger partial charge in [-0.15, -0.1) is 4.83 Å². The molecule has 3 aromatic rings. The van der Waals surface area contributed by atoms with Gasteiger partial charge < -0.3 is 4.18 Å². The van der Waals surface area contributed by atoms with Crippen molar-refractivity contribution in [3.8, 4) is 5.75 Å². The van der Waals surface area contributed by atoms with Crippen molar-refractivity contribution >= 4 is 28.0 Å². The second kappa shape index (κ2) is 7.49. The summed E-state index contributed by atoms with van der Waals surface area (Å²) in [4.78, 5) is 9.30. The third-order valence-corrected chi connectivity index (χ3v) is 4.22. The van der Waals surface area contributed by atoms with E-state index in [0.717, 1.165) is 11.1 Å². The van der Waals surface area contributed by atoms with Crippen LogP contribution in [0, 0.1) is 13.8 Å². The molecule has 3 rings (SSSR count). The summed E-state index contributed by atoms with van der Waals surface area (Å²) in [6.07, 6.45) is -4.71. The van der Waals surface area contributed by atoms with Crippen LogP contribution in [0.15, 0.2) is 42.5 Å². The van der Waals surface area contributed by atoms with Gasteiger partial charge in [0, 0.05) is 5.39 Å². The Bertz CT molecular complexity index is 1010. The number of halogens is 3. The van der Waals surface area contributed by atoms with E-state index in [0.29, 0.717) is 11.1 Å². The van der Waals surface area contributed by atoms with Crippen LogP contribution in [0.4, 0.5) is 19.0 Å². The van der Waals surface area contributed by atoms with Gasteiger partial charge in [0.05, 0.1) is 5.52 Å². The number of alkyl halides is 3. The number of aryl methyl sites for hydroxylation is 2. The van der Waals surface area contributed by atoms with Gasteiger partial charge in [-0.1, -0.05) is 24.3 Å². The highest BCUT2D eigenvalue weighted by Crippen LogP contribution is 2.30. The highest BCUT2D eigenvalue weighted by molar-refractivity contribution is 7.78. The quantitative estimate of drug-likeness (QED) is 0.641. The van der Waals surface area contributed by atoms with E-state index >= 15 is 0 Å². The van der Waals surface area contributed by atoms with E-state index in [9.17, 15) is 17.4 Å². The fourth-order valence-electron chi connectivity index (χ4n) is 2.29. The number of fused-ring (bicyclic) bond motifs is 1.